The fourth-order valence-corrected chi connectivity index (χ4v) is 2.97. The molecule has 1 unspecified atom stereocenters. The van der Waals surface area contributed by atoms with Gasteiger partial charge in [0.2, 0.25) is 0 Å². The van der Waals surface area contributed by atoms with Gasteiger partial charge in [0, 0.05) is 12.2 Å². The van der Waals surface area contributed by atoms with Crippen LogP contribution in [0.5, 0.6) is 5.75 Å². The molecule has 1 aliphatic rings. The molecule has 0 aliphatic carbocycles. The van der Waals surface area contributed by atoms with Gasteiger partial charge in [-0.15, -0.1) is 23.4 Å². The molecule has 0 saturated heterocycles. The Kier molecular flexibility index (Phi) is 5.32. The van der Waals surface area contributed by atoms with Crippen molar-refractivity contribution in [3.63, 3.8) is 0 Å². The summed E-state index contributed by atoms with van der Waals surface area (Å²) < 4.78 is 29.1. The summed E-state index contributed by atoms with van der Waals surface area (Å²) in [5, 5.41) is 4.86. The fraction of sp³-hybridized carbons (Fsp3) is 0.500. The molecule has 21 heavy (non-hydrogen) atoms. The van der Waals surface area contributed by atoms with Gasteiger partial charge in [-0.05, 0) is 31.0 Å². The van der Waals surface area contributed by atoms with Gasteiger partial charge in [0.15, 0.2) is 5.60 Å². The highest BCUT2D eigenvalue weighted by Gasteiger charge is 2.33. The lowest BCUT2D eigenvalue weighted by atomic mass is 10.1. The first-order valence-corrected chi connectivity index (χ1v) is 7.92. The van der Waals surface area contributed by atoms with E-state index in [9.17, 15) is 8.78 Å². The maximum atomic E-state index is 12.3. The Balaban J connectivity index is 1.95. The van der Waals surface area contributed by atoms with E-state index >= 15 is 0 Å². The Hall–Kier alpha value is -1.01. The molecule has 1 atom stereocenters. The quantitative estimate of drug-likeness (QED) is 0.739. The van der Waals surface area contributed by atoms with Gasteiger partial charge >= 0.3 is 6.61 Å². The van der Waals surface area contributed by atoms with Crippen LogP contribution in [0.15, 0.2) is 23.4 Å². The molecule has 7 heteroatoms. The number of benzene rings is 1. The van der Waals surface area contributed by atoms with E-state index in [4.69, 9.17) is 16.4 Å². The smallest absolute Gasteiger partial charge is 0.387 e. The van der Waals surface area contributed by atoms with E-state index in [0.29, 0.717) is 23.6 Å². The fourth-order valence-electron chi connectivity index (χ4n) is 1.82. The number of rotatable bonds is 5. The van der Waals surface area contributed by atoms with Gasteiger partial charge in [-0.2, -0.15) is 8.78 Å². The summed E-state index contributed by atoms with van der Waals surface area (Å²) >= 11 is 7.33. The van der Waals surface area contributed by atoms with Gasteiger partial charge in [-0.1, -0.05) is 17.3 Å². The van der Waals surface area contributed by atoms with Gasteiger partial charge in [-0.25, -0.2) is 0 Å². The molecule has 1 heterocycles. The highest BCUT2D eigenvalue weighted by Crippen LogP contribution is 2.31. The maximum absolute atomic E-state index is 12.3. The summed E-state index contributed by atoms with van der Waals surface area (Å²) in [4.78, 5) is 5.30. The zero-order valence-electron chi connectivity index (χ0n) is 11.7. The zero-order valence-corrected chi connectivity index (χ0v) is 13.3. The summed E-state index contributed by atoms with van der Waals surface area (Å²) in [6.07, 6.45) is 0.660. The summed E-state index contributed by atoms with van der Waals surface area (Å²) in [5.41, 5.74) is 1.13. The lowest BCUT2D eigenvalue weighted by Gasteiger charge is -2.16. The largest absolute Gasteiger partial charge is 0.435 e. The number of hydrogen-bond acceptors (Lipinski definition) is 4. The van der Waals surface area contributed by atoms with Crippen molar-refractivity contribution >= 4 is 28.4 Å². The first-order valence-electron chi connectivity index (χ1n) is 6.40. The summed E-state index contributed by atoms with van der Waals surface area (Å²) in [5.74, 6) is 1.19. The monoisotopic (exact) mass is 335 g/mol. The molecule has 0 radical (unpaired) electrons. The molecule has 0 N–H and O–H groups in total. The van der Waals surface area contributed by atoms with Crippen LogP contribution in [0.25, 0.3) is 0 Å². The second kappa shape index (κ2) is 6.83. The third-order valence-electron chi connectivity index (χ3n) is 3.05. The minimum atomic E-state index is -2.82. The summed E-state index contributed by atoms with van der Waals surface area (Å²) in [6, 6.07) is 5.28. The average Bonchev–Trinajstić information content (AvgIpc) is 2.82. The van der Waals surface area contributed by atoms with Crippen molar-refractivity contribution in [3.05, 3.63) is 29.3 Å². The van der Waals surface area contributed by atoms with Crippen LogP contribution in [0, 0.1) is 6.92 Å². The van der Waals surface area contributed by atoms with Crippen LogP contribution in [0.2, 0.25) is 0 Å². The van der Waals surface area contributed by atoms with Gasteiger partial charge in [-0.3, -0.25) is 0 Å². The molecule has 1 aromatic rings. The van der Waals surface area contributed by atoms with E-state index in [1.807, 2.05) is 13.0 Å². The molecular weight excluding hydrogens is 320 g/mol. The van der Waals surface area contributed by atoms with Gasteiger partial charge in [0.1, 0.15) is 10.8 Å². The number of oxime groups is 1. The highest BCUT2D eigenvalue weighted by atomic mass is 35.5. The van der Waals surface area contributed by atoms with Crippen molar-refractivity contribution in [2.75, 3.05) is 5.88 Å². The van der Waals surface area contributed by atoms with Crippen LogP contribution < -0.4 is 4.74 Å². The third kappa shape index (κ3) is 4.48. The van der Waals surface area contributed by atoms with Gasteiger partial charge in [0.25, 0.3) is 0 Å². The van der Waals surface area contributed by atoms with Crippen molar-refractivity contribution in [2.24, 2.45) is 5.16 Å². The molecule has 0 bridgehead atoms. The van der Waals surface area contributed by atoms with Crippen molar-refractivity contribution in [1.29, 1.82) is 0 Å². The van der Waals surface area contributed by atoms with Crippen LogP contribution in [-0.2, 0) is 10.6 Å². The van der Waals surface area contributed by atoms with E-state index in [2.05, 4.69) is 9.89 Å². The lowest BCUT2D eigenvalue weighted by molar-refractivity contribution is -0.0503. The molecule has 0 saturated carbocycles. The summed E-state index contributed by atoms with van der Waals surface area (Å²) in [6.45, 7) is 0.816. The first-order chi connectivity index (χ1) is 9.92. The molecule has 2 rings (SSSR count). The molecule has 0 aromatic heterocycles. The van der Waals surface area contributed by atoms with E-state index in [1.54, 1.807) is 19.1 Å². The number of aryl methyl sites for hydroxylation is 1. The van der Waals surface area contributed by atoms with Crippen LogP contribution in [0.3, 0.4) is 0 Å². The van der Waals surface area contributed by atoms with Crippen molar-refractivity contribution in [1.82, 2.24) is 0 Å². The number of thioether (sulfide) groups is 1. The van der Waals surface area contributed by atoms with E-state index in [-0.39, 0.29) is 5.75 Å². The molecule has 0 spiro atoms. The second-order valence-corrected chi connectivity index (χ2v) is 6.42. The summed E-state index contributed by atoms with van der Waals surface area (Å²) in [7, 11) is 0. The van der Waals surface area contributed by atoms with Crippen LogP contribution >= 0.6 is 23.4 Å². The number of halogens is 3. The Labute approximate surface area is 131 Å². The molecule has 0 amide bonds. The predicted octanol–water partition coefficient (Wildman–Crippen LogP) is 4.56. The number of ether oxygens (including phenoxy) is 1. The Morgan fingerprint density at radius 3 is 2.90 bits per heavy atom. The second-order valence-electron chi connectivity index (χ2n) is 5.10. The topological polar surface area (TPSA) is 30.8 Å². The van der Waals surface area contributed by atoms with Gasteiger partial charge < -0.3 is 9.57 Å². The van der Waals surface area contributed by atoms with Crippen LogP contribution in [0.4, 0.5) is 8.78 Å². The zero-order chi connectivity index (χ0) is 15.5. The van der Waals surface area contributed by atoms with E-state index < -0.39 is 12.2 Å². The highest BCUT2D eigenvalue weighted by molar-refractivity contribution is 8.13. The average molecular weight is 336 g/mol. The Morgan fingerprint density at radius 1 is 1.52 bits per heavy atom. The molecule has 1 aliphatic heterocycles. The molecule has 1 aromatic carbocycles. The predicted molar refractivity (Wildman–Crippen MR) is 81.4 cm³/mol. The Bertz CT molecular complexity index is 542. The molecule has 3 nitrogen and oxygen atoms in total. The number of alkyl halides is 3. The van der Waals surface area contributed by atoms with Crippen molar-refractivity contribution in [2.45, 2.75) is 38.2 Å². The van der Waals surface area contributed by atoms with E-state index in [1.165, 1.54) is 11.8 Å². The Morgan fingerprint density at radius 2 is 2.29 bits per heavy atom. The first kappa shape index (κ1) is 16.4. The molecule has 0 fully saturated rings. The lowest BCUT2D eigenvalue weighted by Crippen LogP contribution is -2.26. The maximum Gasteiger partial charge on any atom is 0.387 e. The van der Waals surface area contributed by atoms with Crippen molar-refractivity contribution in [3.8, 4) is 5.75 Å². The minimum absolute atomic E-state index is 0.207. The third-order valence-corrected chi connectivity index (χ3v) is 4.64. The normalized spacial score (nSPS) is 21.3. The molecule has 116 valence electrons. The van der Waals surface area contributed by atoms with Crippen LogP contribution in [0.1, 0.15) is 24.5 Å². The van der Waals surface area contributed by atoms with E-state index in [0.717, 1.165) is 10.6 Å². The van der Waals surface area contributed by atoms with Gasteiger partial charge in [0.05, 0.1) is 5.88 Å². The SMILES string of the molecule is Cc1ccc(CSC2=NOC(C)(CCl)C2)cc1OC(F)F. The number of hydrogen-bond donors (Lipinski definition) is 0. The standard InChI is InChI=1S/C14H16ClF2NO2S/c1-9-3-4-10(5-11(9)19-13(16)17)7-21-12-6-14(2,8-15)20-18-12/h3-5,13H,6-8H2,1-2H3. The van der Waals surface area contributed by atoms with Crippen molar-refractivity contribution < 1.29 is 18.4 Å². The number of nitrogens with zero attached hydrogens (tertiary/aromatic N) is 1. The van der Waals surface area contributed by atoms with Crippen LogP contribution in [-0.4, -0.2) is 23.1 Å². The molecular formula is C14H16ClF2NO2S. The minimum Gasteiger partial charge on any atom is -0.435 e.